The van der Waals surface area contributed by atoms with E-state index in [4.69, 9.17) is 4.74 Å². The summed E-state index contributed by atoms with van der Waals surface area (Å²) < 4.78 is 6.16. The Kier molecular flexibility index (Phi) is 1.87. The fourth-order valence-electron chi connectivity index (χ4n) is 3.12. The van der Waals surface area contributed by atoms with Crippen LogP contribution in [0.5, 0.6) is 0 Å². The number of H-pyrrole nitrogens is 1. The van der Waals surface area contributed by atoms with Crippen LogP contribution >= 0.6 is 0 Å². The maximum absolute atomic E-state index is 6.16. The predicted molar refractivity (Wildman–Crippen MR) is 70.2 cm³/mol. The highest BCUT2D eigenvalue weighted by molar-refractivity contribution is 5.87. The number of hydrogen-bond acceptors (Lipinski definition) is 1. The Morgan fingerprint density at radius 3 is 2.47 bits per heavy atom. The van der Waals surface area contributed by atoms with Gasteiger partial charge in [0.05, 0.1) is 11.3 Å². The van der Waals surface area contributed by atoms with Gasteiger partial charge in [-0.05, 0) is 46.8 Å². The van der Waals surface area contributed by atoms with Gasteiger partial charge in [-0.1, -0.05) is 11.6 Å². The van der Waals surface area contributed by atoms with E-state index in [9.17, 15) is 0 Å². The number of benzene rings is 1. The lowest BCUT2D eigenvalue weighted by Crippen LogP contribution is -2.23. The van der Waals surface area contributed by atoms with Crippen LogP contribution in [0.15, 0.2) is 18.2 Å². The van der Waals surface area contributed by atoms with E-state index in [0.717, 1.165) is 0 Å². The zero-order valence-corrected chi connectivity index (χ0v) is 11.1. The molecule has 2 aromatic rings. The molecule has 90 valence electrons. The van der Waals surface area contributed by atoms with Crippen LogP contribution in [0.1, 0.15) is 44.5 Å². The Bertz CT molecular complexity index is 605. The van der Waals surface area contributed by atoms with Gasteiger partial charge in [0.15, 0.2) is 0 Å². The van der Waals surface area contributed by atoms with E-state index >= 15 is 0 Å². The standard InChI is InChI=1S/C15H19NO/c1-9-6-7-11-10(8-9)12-13(16-11)15(4,5)17-14(12,2)3/h6-8,16H,1-5H3. The Hall–Kier alpha value is -1.28. The van der Waals surface area contributed by atoms with Gasteiger partial charge in [-0.2, -0.15) is 0 Å². The van der Waals surface area contributed by atoms with E-state index in [1.807, 2.05) is 0 Å². The molecule has 1 N–H and O–H groups in total. The van der Waals surface area contributed by atoms with Crippen molar-refractivity contribution in [2.24, 2.45) is 0 Å². The van der Waals surface area contributed by atoms with Crippen LogP contribution in [0.3, 0.4) is 0 Å². The Labute approximate surface area is 102 Å². The van der Waals surface area contributed by atoms with Gasteiger partial charge in [0.1, 0.15) is 5.60 Å². The van der Waals surface area contributed by atoms with Crippen molar-refractivity contribution in [1.29, 1.82) is 0 Å². The van der Waals surface area contributed by atoms with Gasteiger partial charge in [-0.15, -0.1) is 0 Å². The molecule has 0 saturated carbocycles. The highest BCUT2D eigenvalue weighted by Crippen LogP contribution is 2.49. The van der Waals surface area contributed by atoms with Gasteiger partial charge < -0.3 is 9.72 Å². The normalized spacial score (nSPS) is 20.8. The second kappa shape index (κ2) is 2.94. The van der Waals surface area contributed by atoms with E-state index in [-0.39, 0.29) is 11.2 Å². The summed E-state index contributed by atoms with van der Waals surface area (Å²) in [6, 6.07) is 6.56. The average molecular weight is 229 g/mol. The van der Waals surface area contributed by atoms with Crippen LogP contribution in [0.25, 0.3) is 10.9 Å². The summed E-state index contributed by atoms with van der Waals surface area (Å²) in [6.07, 6.45) is 0. The van der Waals surface area contributed by atoms with Gasteiger partial charge in [0.25, 0.3) is 0 Å². The molecule has 0 spiro atoms. The second-order valence-corrected chi connectivity index (χ2v) is 6.05. The first-order valence-corrected chi connectivity index (χ1v) is 6.15. The maximum Gasteiger partial charge on any atom is 0.104 e. The fourth-order valence-corrected chi connectivity index (χ4v) is 3.12. The van der Waals surface area contributed by atoms with Gasteiger partial charge in [-0.25, -0.2) is 0 Å². The second-order valence-electron chi connectivity index (χ2n) is 6.05. The fraction of sp³-hybridized carbons (Fsp3) is 0.467. The maximum atomic E-state index is 6.16. The minimum Gasteiger partial charge on any atom is -0.359 e. The van der Waals surface area contributed by atoms with E-state index in [2.05, 4.69) is 57.8 Å². The van der Waals surface area contributed by atoms with Crippen LogP contribution in [0.4, 0.5) is 0 Å². The predicted octanol–water partition coefficient (Wildman–Crippen LogP) is 3.98. The van der Waals surface area contributed by atoms with Crippen molar-refractivity contribution < 1.29 is 4.74 Å². The van der Waals surface area contributed by atoms with E-state index in [0.29, 0.717) is 0 Å². The van der Waals surface area contributed by atoms with E-state index < -0.39 is 0 Å². The van der Waals surface area contributed by atoms with Crippen molar-refractivity contribution in [2.75, 3.05) is 0 Å². The van der Waals surface area contributed by atoms with Crippen molar-refractivity contribution in [3.05, 3.63) is 35.0 Å². The smallest absolute Gasteiger partial charge is 0.104 e. The van der Waals surface area contributed by atoms with Gasteiger partial charge in [-0.3, -0.25) is 0 Å². The van der Waals surface area contributed by atoms with Crippen molar-refractivity contribution in [1.82, 2.24) is 4.98 Å². The molecule has 0 radical (unpaired) electrons. The molecule has 2 heteroatoms. The molecular weight excluding hydrogens is 210 g/mol. The van der Waals surface area contributed by atoms with Crippen LogP contribution in [-0.4, -0.2) is 4.98 Å². The zero-order chi connectivity index (χ0) is 12.4. The number of aromatic amines is 1. The summed E-state index contributed by atoms with van der Waals surface area (Å²) in [4.78, 5) is 3.52. The quantitative estimate of drug-likeness (QED) is 0.726. The summed E-state index contributed by atoms with van der Waals surface area (Å²) >= 11 is 0. The summed E-state index contributed by atoms with van der Waals surface area (Å²) in [5.41, 5.74) is 4.60. The molecule has 3 rings (SSSR count). The molecule has 0 aliphatic carbocycles. The highest BCUT2D eigenvalue weighted by atomic mass is 16.5. The third-order valence-electron chi connectivity index (χ3n) is 3.67. The van der Waals surface area contributed by atoms with Crippen molar-refractivity contribution in [2.45, 2.75) is 45.8 Å². The molecule has 0 bridgehead atoms. The number of fused-ring (bicyclic) bond motifs is 3. The first-order valence-electron chi connectivity index (χ1n) is 6.15. The third kappa shape index (κ3) is 1.37. The number of hydrogen-bond donors (Lipinski definition) is 1. The molecule has 1 aliphatic heterocycles. The summed E-state index contributed by atoms with van der Waals surface area (Å²) in [7, 11) is 0. The molecular formula is C15H19NO. The Balaban J connectivity index is 2.42. The van der Waals surface area contributed by atoms with Gasteiger partial charge in [0.2, 0.25) is 0 Å². The largest absolute Gasteiger partial charge is 0.359 e. The SMILES string of the molecule is Cc1ccc2[nH]c3c(c2c1)C(C)(C)OC3(C)C. The van der Waals surface area contributed by atoms with Crippen LogP contribution in [0, 0.1) is 6.92 Å². The molecule has 0 fully saturated rings. The topological polar surface area (TPSA) is 25.0 Å². The minimum atomic E-state index is -0.230. The van der Waals surface area contributed by atoms with Crippen LogP contribution in [-0.2, 0) is 15.9 Å². The number of aryl methyl sites for hydroxylation is 1. The monoisotopic (exact) mass is 229 g/mol. The van der Waals surface area contributed by atoms with Gasteiger partial charge in [0, 0.05) is 16.5 Å². The zero-order valence-electron chi connectivity index (χ0n) is 11.1. The molecule has 17 heavy (non-hydrogen) atoms. The Morgan fingerprint density at radius 1 is 1.06 bits per heavy atom. The van der Waals surface area contributed by atoms with Crippen molar-refractivity contribution in [3.63, 3.8) is 0 Å². The number of rotatable bonds is 0. The van der Waals surface area contributed by atoms with Crippen LogP contribution < -0.4 is 0 Å². The van der Waals surface area contributed by atoms with E-state index in [1.54, 1.807) is 0 Å². The molecule has 2 nitrogen and oxygen atoms in total. The average Bonchev–Trinajstić information content (AvgIpc) is 2.62. The first-order chi connectivity index (χ1) is 7.81. The van der Waals surface area contributed by atoms with E-state index in [1.165, 1.54) is 27.7 Å². The van der Waals surface area contributed by atoms with Gasteiger partial charge >= 0.3 is 0 Å². The summed E-state index contributed by atoms with van der Waals surface area (Å²) in [6.45, 7) is 10.7. The summed E-state index contributed by atoms with van der Waals surface area (Å²) in [5.74, 6) is 0. The first kappa shape index (κ1) is 10.8. The minimum absolute atomic E-state index is 0.217. The number of ether oxygens (including phenoxy) is 1. The molecule has 1 aromatic carbocycles. The molecule has 0 unspecified atom stereocenters. The van der Waals surface area contributed by atoms with Crippen molar-refractivity contribution in [3.8, 4) is 0 Å². The molecule has 1 aliphatic rings. The summed E-state index contributed by atoms with van der Waals surface area (Å²) in [5, 5.41) is 1.30. The molecule has 0 saturated heterocycles. The third-order valence-corrected chi connectivity index (χ3v) is 3.67. The molecule has 0 atom stereocenters. The van der Waals surface area contributed by atoms with Crippen molar-refractivity contribution >= 4 is 10.9 Å². The molecule has 1 aromatic heterocycles. The lowest BCUT2D eigenvalue weighted by atomic mass is 9.94. The number of aromatic nitrogens is 1. The lowest BCUT2D eigenvalue weighted by Gasteiger charge is -2.25. The molecule has 0 amide bonds. The Morgan fingerprint density at radius 2 is 1.76 bits per heavy atom. The highest BCUT2D eigenvalue weighted by Gasteiger charge is 2.45. The van der Waals surface area contributed by atoms with Crippen LogP contribution in [0.2, 0.25) is 0 Å². The molecule has 2 heterocycles. The number of nitrogens with one attached hydrogen (secondary N) is 1. The lowest BCUT2D eigenvalue weighted by molar-refractivity contribution is -0.106.